The zero-order valence-corrected chi connectivity index (χ0v) is 12.1. The van der Waals surface area contributed by atoms with Crippen LogP contribution in [0.25, 0.3) is 10.6 Å². The van der Waals surface area contributed by atoms with Gasteiger partial charge in [-0.15, -0.1) is 11.3 Å². The van der Waals surface area contributed by atoms with Crippen LogP contribution in [0.1, 0.15) is 15.4 Å². The van der Waals surface area contributed by atoms with E-state index in [1.54, 1.807) is 24.5 Å². The number of thiazole rings is 1. The summed E-state index contributed by atoms with van der Waals surface area (Å²) < 4.78 is 49.7. The Kier molecular flexibility index (Phi) is 4.74. The Morgan fingerprint density at radius 2 is 2.18 bits per heavy atom. The van der Waals surface area contributed by atoms with Crippen molar-refractivity contribution in [2.24, 2.45) is 0 Å². The van der Waals surface area contributed by atoms with Crippen molar-refractivity contribution in [1.82, 2.24) is 15.3 Å². The van der Waals surface area contributed by atoms with Crippen LogP contribution < -0.4 is 5.32 Å². The van der Waals surface area contributed by atoms with E-state index in [0.29, 0.717) is 16.3 Å². The second kappa shape index (κ2) is 6.39. The number of rotatable bonds is 5. The molecule has 2 rings (SSSR count). The number of hydrogen-bond acceptors (Lipinski definition) is 4. The molecule has 2 aromatic heterocycles. The van der Waals surface area contributed by atoms with Gasteiger partial charge in [0.15, 0.2) is 0 Å². The Morgan fingerprint density at radius 1 is 1.45 bits per heavy atom. The molecule has 0 aliphatic rings. The third-order valence-electron chi connectivity index (χ3n) is 2.72. The Hall–Kier alpha value is -2.03. The van der Waals surface area contributed by atoms with Crippen molar-refractivity contribution in [3.63, 3.8) is 0 Å². The van der Waals surface area contributed by atoms with Crippen LogP contribution in [0.2, 0.25) is 0 Å². The number of carbonyl (C=O) groups is 1. The first kappa shape index (κ1) is 16.3. The quantitative estimate of drug-likeness (QED) is 0.855. The summed E-state index contributed by atoms with van der Waals surface area (Å²) in [4.78, 5) is 20.0. The summed E-state index contributed by atoms with van der Waals surface area (Å²) in [7, 11) is 0. The number of nitrogens with zero attached hydrogens (tertiary/aromatic N) is 2. The van der Waals surface area contributed by atoms with E-state index >= 15 is 0 Å². The topological polar surface area (TPSA) is 54.9 Å². The van der Waals surface area contributed by atoms with Crippen LogP contribution in [0.15, 0.2) is 24.5 Å². The third kappa shape index (κ3) is 3.59. The van der Waals surface area contributed by atoms with Gasteiger partial charge in [0.2, 0.25) is 0 Å². The van der Waals surface area contributed by atoms with E-state index in [4.69, 9.17) is 0 Å². The maximum Gasteiger partial charge on any atom is 0.324 e. The third-order valence-corrected chi connectivity index (χ3v) is 3.92. The van der Waals surface area contributed by atoms with Crippen LogP contribution in [0, 0.1) is 6.92 Å². The van der Waals surface area contributed by atoms with Gasteiger partial charge in [0.05, 0.1) is 12.2 Å². The average molecular weight is 333 g/mol. The normalized spacial score (nSPS) is 11.7. The maximum atomic E-state index is 12.8. The summed E-state index contributed by atoms with van der Waals surface area (Å²) in [6, 6.07) is 3.42. The molecule has 9 heteroatoms. The SMILES string of the molecule is Cc1nc(-c2cccnc2)sc1C(=O)NCC(F)(F)C(F)F. The van der Waals surface area contributed by atoms with Gasteiger partial charge >= 0.3 is 12.3 Å². The van der Waals surface area contributed by atoms with E-state index < -0.39 is 24.8 Å². The van der Waals surface area contributed by atoms with Gasteiger partial charge in [0.25, 0.3) is 5.91 Å². The lowest BCUT2D eigenvalue weighted by Crippen LogP contribution is -2.41. The van der Waals surface area contributed by atoms with Crippen molar-refractivity contribution in [3.8, 4) is 10.6 Å². The number of aromatic nitrogens is 2. The van der Waals surface area contributed by atoms with E-state index in [0.717, 1.165) is 11.3 Å². The first-order valence-electron chi connectivity index (χ1n) is 6.13. The highest BCUT2D eigenvalue weighted by Gasteiger charge is 2.41. The van der Waals surface area contributed by atoms with E-state index in [2.05, 4.69) is 9.97 Å². The molecule has 0 spiro atoms. The van der Waals surface area contributed by atoms with Crippen molar-refractivity contribution < 1.29 is 22.4 Å². The smallest absolute Gasteiger partial charge is 0.324 e. The van der Waals surface area contributed by atoms with E-state index in [-0.39, 0.29) is 4.88 Å². The van der Waals surface area contributed by atoms with Gasteiger partial charge < -0.3 is 5.32 Å². The first-order valence-corrected chi connectivity index (χ1v) is 6.95. The second-order valence-electron chi connectivity index (χ2n) is 4.42. The Labute approximate surface area is 127 Å². The minimum atomic E-state index is -4.26. The molecule has 2 aromatic rings. The molecule has 118 valence electrons. The molecule has 0 unspecified atom stereocenters. The lowest BCUT2D eigenvalue weighted by Gasteiger charge is -2.15. The first-order chi connectivity index (χ1) is 10.3. The van der Waals surface area contributed by atoms with Gasteiger partial charge in [-0.1, -0.05) is 0 Å². The van der Waals surface area contributed by atoms with Crippen LogP contribution in [0.5, 0.6) is 0 Å². The molecule has 1 amide bonds. The highest BCUT2D eigenvalue weighted by atomic mass is 32.1. The number of alkyl halides is 4. The van der Waals surface area contributed by atoms with Crippen molar-refractivity contribution in [1.29, 1.82) is 0 Å². The molecule has 2 heterocycles. The number of nitrogens with one attached hydrogen (secondary N) is 1. The zero-order chi connectivity index (χ0) is 16.3. The van der Waals surface area contributed by atoms with E-state index in [9.17, 15) is 22.4 Å². The van der Waals surface area contributed by atoms with Crippen LogP contribution in [0.3, 0.4) is 0 Å². The number of hydrogen-bond donors (Lipinski definition) is 1. The predicted octanol–water partition coefficient (Wildman–Crippen LogP) is 3.14. The fourth-order valence-corrected chi connectivity index (χ4v) is 2.55. The number of halogens is 4. The van der Waals surface area contributed by atoms with Gasteiger partial charge in [0, 0.05) is 18.0 Å². The number of pyridine rings is 1. The van der Waals surface area contributed by atoms with Crippen molar-refractivity contribution in [3.05, 3.63) is 35.1 Å². The van der Waals surface area contributed by atoms with Crippen LogP contribution in [-0.4, -0.2) is 34.8 Å². The van der Waals surface area contributed by atoms with Crippen molar-refractivity contribution in [2.45, 2.75) is 19.3 Å². The Balaban J connectivity index is 2.13. The van der Waals surface area contributed by atoms with Gasteiger partial charge in [-0.2, -0.15) is 8.78 Å². The molecular weight excluding hydrogens is 322 g/mol. The summed E-state index contributed by atoms with van der Waals surface area (Å²) in [5.41, 5.74) is 1.01. The van der Waals surface area contributed by atoms with Gasteiger partial charge in [-0.3, -0.25) is 9.78 Å². The van der Waals surface area contributed by atoms with Gasteiger partial charge in [0.1, 0.15) is 9.88 Å². The number of carbonyl (C=O) groups excluding carboxylic acids is 1. The van der Waals surface area contributed by atoms with Crippen LogP contribution in [-0.2, 0) is 0 Å². The summed E-state index contributed by atoms with van der Waals surface area (Å²) in [5.74, 6) is -5.12. The lowest BCUT2D eigenvalue weighted by atomic mass is 10.3. The number of amides is 1. The molecule has 22 heavy (non-hydrogen) atoms. The molecule has 0 bridgehead atoms. The summed E-state index contributed by atoms with van der Waals surface area (Å²) in [6.45, 7) is 0.111. The standard InChI is InChI=1S/C13H11F4N3OS/c1-7-9(10(21)19-6-13(16,17)12(14)15)22-11(20-7)8-3-2-4-18-5-8/h2-5,12H,6H2,1H3,(H,19,21). The minimum absolute atomic E-state index is 0.101. The van der Waals surface area contributed by atoms with Crippen LogP contribution >= 0.6 is 11.3 Å². The molecule has 0 aliphatic heterocycles. The highest BCUT2D eigenvalue weighted by Crippen LogP contribution is 2.27. The summed E-state index contributed by atoms with van der Waals surface area (Å²) >= 11 is 0.984. The lowest BCUT2D eigenvalue weighted by molar-refractivity contribution is -0.123. The molecule has 0 atom stereocenters. The van der Waals surface area contributed by atoms with E-state index in [1.807, 2.05) is 5.32 Å². The van der Waals surface area contributed by atoms with E-state index in [1.165, 1.54) is 6.92 Å². The Bertz CT molecular complexity index is 661. The van der Waals surface area contributed by atoms with Gasteiger partial charge in [-0.25, -0.2) is 13.8 Å². The molecule has 0 saturated carbocycles. The molecule has 0 aliphatic carbocycles. The number of aryl methyl sites for hydroxylation is 1. The fraction of sp³-hybridized carbons (Fsp3) is 0.308. The maximum absolute atomic E-state index is 12.8. The molecular formula is C13H11F4N3OS. The second-order valence-corrected chi connectivity index (χ2v) is 5.42. The average Bonchev–Trinajstić information content (AvgIpc) is 2.88. The molecule has 0 aromatic carbocycles. The Morgan fingerprint density at radius 3 is 2.77 bits per heavy atom. The molecule has 1 N–H and O–H groups in total. The zero-order valence-electron chi connectivity index (χ0n) is 11.3. The fourth-order valence-electron chi connectivity index (χ4n) is 1.58. The summed E-state index contributed by atoms with van der Waals surface area (Å²) in [6.07, 6.45) is -0.712. The van der Waals surface area contributed by atoms with Crippen molar-refractivity contribution >= 4 is 17.2 Å². The largest absolute Gasteiger partial charge is 0.345 e. The van der Waals surface area contributed by atoms with Crippen LogP contribution in [0.4, 0.5) is 17.6 Å². The van der Waals surface area contributed by atoms with Crippen molar-refractivity contribution in [2.75, 3.05) is 6.54 Å². The molecule has 0 saturated heterocycles. The monoisotopic (exact) mass is 333 g/mol. The highest BCUT2D eigenvalue weighted by molar-refractivity contribution is 7.17. The molecule has 0 fully saturated rings. The molecule has 0 radical (unpaired) electrons. The molecule has 4 nitrogen and oxygen atoms in total. The van der Waals surface area contributed by atoms with Gasteiger partial charge in [-0.05, 0) is 19.1 Å². The summed E-state index contributed by atoms with van der Waals surface area (Å²) in [5, 5.41) is 2.31. The minimum Gasteiger partial charge on any atom is -0.345 e. The predicted molar refractivity (Wildman–Crippen MR) is 73.4 cm³/mol.